The highest BCUT2D eigenvalue weighted by atomic mass is 32.1. The smallest absolute Gasteiger partial charge is 0.252 e. The number of fused-ring (bicyclic) bond motifs is 2. The minimum atomic E-state index is -2.66. The number of hydrogen-bond donors (Lipinski definition) is 0. The number of hydrogen-bond acceptors (Lipinski definition) is 8. The van der Waals surface area contributed by atoms with Gasteiger partial charge in [-0.15, -0.1) is 0 Å². The van der Waals surface area contributed by atoms with Gasteiger partial charge in [0.05, 0.1) is 34.2 Å². The predicted molar refractivity (Wildman–Crippen MR) is 143 cm³/mol. The Balaban J connectivity index is 1.54. The second kappa shape index (κ2) is 9.64. The first-order valence-electron chi connectivity index (χ1n) is 13.8. The number of pyridine rings is 2. The Hall–Kier alpha value is -3.29. The van der Waals surface area contributed by atoms with E-state index < -0.39 is 12.5 Å². The molecule has 4 aromatic rings. The molecule has 36 heavy (non-hydrogen) atoms. The van der Waals surface area contributed by atoms with Crippen molar-refractivity contribution in [1.29, 1.82) is 5.26 Å². The molecule has 0 unspecified atom stereocenters. The summed E-state index contributed by atoms with van der Waals surface area (Å²) in [5, 5.41) is 14.8. The number of anilines is 1. The molecule has 3 atom stereocenters. The molecule has 5 heterocycles. The molecule has 1 aliphatic heterocycles. The fraction of sp³-hybridized carbons (Fsp3) is 0.500. The lowest BCUT2D eigenvalue weighted by Crippen LogP contribution is -2.58. The predicted octanol–water partition coefficient (Wildman–Crippen LogP) is 4.01. The second-order valence-electron chi connectivity index (χ2n) is 9.36. The molecule has 188 valence electrons. The summed E-state index contributed by atoms with van der Waals surface area (Å²) in [4.78, 5) is 28.3. The quantitative estimate of drug-likeness (QED) is 0.389. The average Bonchev–Trinajstić information content (AvgIpc) is 3.47. The van der Waals surface area contributed by atoms with E-state index >= 15 is 0 Å². The summed E-state index contributed by atoms with van der Waals surface area (Å²) in [6, 6.07) is 7.86. The van der Waals surface area contributed by atoms with Gasteiger partial charge >= 0.3 is 0 Å². The van der Waals surface area contributed by atoms with Crippen molar-refractivity contribution in [3.63, 3.8) is 0 Å². The first-order valence-corrected chi connectivity index (χ1v) is 13.1. The molecular formula is C26H32N8OS. The molecule has 1 saturated heterocycles. The topological polar surface area (TPSA) is 95.9 Å². The third-order valence-corrected chi connectivity index (χ3v) is 8.12. The summed E-state index contributed by atoms with van der Waals surface area (Å²) >= 11 is 1.60. The molecule has 1 aliphatic rings. The van der Waals surface area contributed by atoms with Gasteiger partial charge in [-0.05, 0) is 38.8 Å². The van der Waals surface area contributed by atoms with Crippen LogP contribution in [0.25, 0.3) is 21.4 Å². The zero-order valence-corrected chi connectivity index (χ0v) is 21.8. The normalized spacial score (nSPS) is 21.3. The van der Waals surface area contributed by atoms with E-state index in [2.05, 4.69) is 46.7 Å². The number of nitriles is 1. The summed E-state index contributed by atoms with van der Waals surface area (Å²) < 4.78 is 26.0. The monoisotopic (exact) mass is 507 g/mol. The maximum atomic E-state index is 13.2. The minimum Gasteiger partial charge on any atom is -0.364 e. The summed E-state index contributed by atoms with van der Waals surface area (Å²) in [6.07, 6.45) is 3.19. The molecule has 0 amide bonds. The van der Waals surface area contributed by atoms with Crippen LogP contribution in [0.2, 0.25) is 0 Å². The molecule has 1 fully saturated rings. The van der Waals surface area contributed by atoms with E-state index in [1.807, 2.05) is 19.1 Å². The molecule has 0 N–H and O–H groups in total. The summed E-state index contributed by atoms with van der Waals surface area (Å²) in [5.41, 5.74) is 2.57. The van der Waals surface area contributed by atoms with E-state index in [1.54, 1.807) is 11.3 Å². The molecular weight excluding hydrogens is 472 g/mol. The van der Waals surface area contributed by atoms with Crippen LogP contribution in [0.15, 0.2) is 29.2 Å². The first-order chi connectivity index (χ1) is 18.5. The van der Waals surface area contributed by atoms with Crippen LogP contribution in [0.4, 0.5) is 5.69 Å². The number of rotatable bonds is 6. The Morgan fingerprint density at radius 2 is 2.06 bits per heavy atom. The van der Waals surface area contributed by atoms with Crippen LogP contribution in [0.1, 0.15) is 54.5 Å². The number of aromatic nitrogens is 5. The van der Waals surface area contributed by atoms with Crippen LogP contribution in [0.3, 0.4) is 0 Å². The number of thiazole rings is 1. The van der Waals surface area contributed by atoms with Gasteiger partial charge in [0.2, 0.25) is 0 Å². The molecule has 5 rings (SSSR count). The van der Waals surface area contributed by atoms with Gasteiger partial charge in [0.1, 0.15) is 22.4 Å². The number of aryl methyl sites for hydroxylation is 2. The molecule has 9 nitrogen and oxygen atoms in total. The van der Waals surface area contributed by atoms with E-state index in [0.29, 0.717) is 17.7 Å². The molecule has 0 radical (unpaired) electrons. The van der Waals surface area contributed by atoms with E-state index in [-0.39, 0.29) is 30.2 Å². The zero-order valence-electron chi connectivity index (χ0n) is 24.0. The summed E-state index contributed by atoms with van der Waals surface area (Å²) in [5.74, 6) is 0. The molecule has 0 bridgehead atoms. The molecule has 10 heteroatoms. The van der Waals surface area contributed by atoms with Crippen molar-refractivity contribution in [1.82, 2.24) is 29.2 Å². The van der Waals surface area contributed by atoms with Gasteiger partial charge in [0.15, 0.2) is 0 Å². The molecule has 0 spiro atoms. The Morgan fingerprint density at radius 1 is 1.25 bits per heavy atom. The van der Waals surface area contributed by atoms with E-state index in [0.717, 1.165) is 45.0 Å². The van der Waals surface area contributed by atoms with Gasteiger partial charge in [0.25, 0.3) is 5.56 Å². The van der Waals surface area contributed by atoms with Gasteiger partial charge < -0.3 is 9.47 Å². The first kappa shape index (κ1) is 20.9. The number of piperazine rings is 1. The van der Waals surface area contributed by atoms with Crippen LogP contribution in [0.5, 0.6) is 0 Å². The lowest BCUT2D eigenvalue weighted by Gasteiger charge is -2.49. The van der Waals surface area contributed by atoms with Crippen molar-refractivity contribution >= 4 is 38.4 Å². The van der Waals surface area contributed by atoms with Gasteiger partial charge in [-0.3, -0.25) is 14.4 Å². The van der Waals surface area contributed by atoms with Gasteiger partial charge in [0, 0.05) is 48.4 Å². The fourth-order valence-electron chi connectivity index (χ4n) is 5.29. The van der Waals surface area contributed by atoms with Crippen molar-refractivity contribution in [3.05, 3.63) is 45.5 Å². The van der Waals surface area contributed by atoms with E-state index in [1.165, 1.54) is 16.9 Å². The SMILES string of the molecule is [2H]C([2H])([2H])n1c(=O)cc(N2C[C@@H](CC)N([C@H](C)c3ccc4nc(C)sc4n3)C[C@@H]2CC)c2nn(CC#N)cc21. The molecule has 4 aromatic heterocycles. The Bertz CT molecular complexity index is 1620. The maximum absolute atomic E-state index is 13.2. The van der Waals surface area contributed by atoms with Gasteiger partial charge in [-0.2, -0.15) is 10.4 Å². The van der Waals surface area contributed by atoms with E-state index in [9.17, 15) is 10.1 Å². The van der Waals surface area contributed by atoms with Crippen LogP contribution in [0, 0.1) is 18.3 Å². The molecule has 0 aromatic carbocycles. The standard InChI is InChI=1S/C26H32N8OS/c1-6-18-14-34(22-12-24(35)31(5)23-15-32(11-10-27)30-25(22)23)19(7-2)13-33(18)16(3)20-8-9-21-26(29-20)36-17(4)28-21/h8-9,12,15-16,18-19H,6-7,11,13-14H2,1-5H3/t16-,18-,19+/m1/s1/i5D3. The average molecular weight is 508 g/mol. The lowest BCUT2D eigenvalue weighted by atomic mass is 9.98. The highest BCUT2D eigenvalue weighted by Crippen LogP contribution is 2.34. The van der Waals surface area contributed by atoms with E-state index in [4.69, 9.17) is 9.10 Å². The Morgan fingerprint density at radius 3 is 2.78 bits per heavy atom. The van der Waals surface area contributed by atoms with Gasteiger partial charge in [-0.1, -0.05) is 25.2 Å². The highest BCUT2D eigenvalue weighted by molar-refractivity contribution is 7.18. The van der Waals surface area contributed by atoms with Crippen LogP contribution < -0.4 is 10.5 Å². The lowest BCUT2D eigenvalue weighted by molar-refractivity contribution is 0.0993. The Labute approximate surface area is 218 Å². The second-order valence-corrected chi connectivity index (χ2v) is 10.5. The van der Waals surface area contributed by atoms with Crippen LogP contribution in [-0.4, -0.2) is 54.4 Å². The zero-order chi connectivity index (χ0) is 28.1. The summed E-state index contributed by atoms with van der Waals surface area (Å²) in [6.45, 7) is 7.15. The van der Waals surface area contributed by atoms with Crippen LogP contribution in [-0.2, 0) is 13.5 Å². The maximum Gasteiger partial charge on any atom is 0.252 e. The van der Waals surface area contributed by atoms with Crippen molar-refractivity contribution in [3.8, 4) is 6.07 Å². The fourth-order valence-corrected chi connectivity index (χ4v) is 6.09. The highest BCUT2D eigenvalue weighted by Gasteiger charge is 2.36. The Kier molecular flexibility index (Phi) is 5.58. The van der Waals surface area contributed by atoms with Crippen LogP contribution >= 0.6 is 11.3 Å². The molecule has 0 saturated carbocycles. The van der Waals surface area contributed by atoms with Gasteiger partial charge in [-0.25, -0.2) is 9.97 Å². The summed E-state index contributed by atoms with van der Waals surface area (Å²) in [7, 11) is 0. The van der Waals surface area contributed by atoms with Crippen molar-refractivity contribution in [2.24, 2.45) is 6.98 Å². The third-order valence-electron chi connectivity index (χ3n) is 7.24. The molecule has 0 aliphatic carbocycles. The number of nitrogens with zero attached hydrogens (tertiary/aromatic N) is 8. The van der Waals surface area contributed by atoms with Crippen molar-refractivity contribution < 1.29 is 4.11 Å². The van der Waals surface area contributed by atoms with Crippen molar-refractivity contribution in [2.45, 2.75) is 65.2 Å². The minimum absolute atomic E-state index is 0.0416. The van der Waals surface area contributed by atoms with Crippen molar-refractivity contribution in [2.75, 3.05) is 18.0 Å². The largest absolute Gasteiger partial charge is 0.364 e. The third kappa shape index (κ3) is 4.16.